The first-order valence-electron chi connectivity index (χ1n) is 11.1. The summed E-state index contributed by atoms with van der Waals surface area (Å²) in [7, 11) is 0. The van der Waals surface area contributed by atoms with Gasteiger partial charge in [-0.15, -0.1) is 6.58 Å². The normalized spacial score (nSPS) is 13.8. The molecule has 170 valence electrons. The van der Waals surface area contributed by atoms with Crippen LogP contribution in [0.3, 0.4) is 0 Å². The molecule has 0 fully saturated rings. The maximum Gasteiger partial charge on any atom is 0.278 e. The lowest BCUT2D eigenvalue weighted by Gasteiger charge is -2.18. The fourth-order valence-electron chi connectivity index (χ4n) is 4.15. The van der Waals surface area contributed by atoms with E-state index in [1.54, 1.807) is 27.9 Å². The average molecular weight is 445 g/mol. The number of aromatic nitrogens is 4. The number of furan rings is 1. The highest BCUT2D eigenvalue weighted by molar-refractivity contribution is 5.77. The Balaban J connectivity index is 1.59. The Morgan fingerprint density at radius 1 is 1.27 bits per heavy atom. The van der Waals surface area contributed by atoms with E-state index in [0.717, 1.165) is 36.6 Å². The number of nitrogens with one attached hydrogen (secondary N) is 2. The number of hydrogen-bond donors (Lipinski definition) is 2. The second-order valence-electron chi connectivity index (χ2n) is 9.37. The van der Waals surface area contributed by atoms with Crippen LogP contribution in [0.15, 0.2) is 58.6 Å². The third kappa shape index (κ3) is 3.87. The molecule has 0 radical (unpaired) electrons. The van der Waals surface area contributed by atoms with E-state index in [0.29, 0.717) is 23.5 Å². The van der Waals surface area contributed by atoms with Gasteiger partial charge in [-0.3, -0.25) is 4.79 Å². The maximum atomic E-state index is 13.1. The molecule has 4 aromatic rings. The molecule has 2 N–H and O–H groups in total. The average Bonchev–Trinajstić information content (AvgIpc) is 3.38. The van der Waals surface area contributed by atoms with Gasteiger partial charge < -0.3 is 15.1 Å². The molecule has 0 unspecified atom stereocenters. The van der Waals surface area contributed by atoms with Gasteiger partial charge in [0.1, 0.15) is 23.1 Å². The Labute approximate surface area is 191 Å². The lowest BCUT2D eigenvalue weighted by Crippen LogP contribution is -2.23. The topological polar surface area (TPSA) is 89.9 Å². The van der Waals surface area contributed by atoms with Crippen LogP contribution in [-0.2, 0) is 24.9 Å². The van der Waals surface area contributed by atoms with Gasteiger partial charge in [0.25, 0.3) is 5.56 Å². The van der Waals surface area contributed by atoms with Crippen LogP contribution >= 0.6 is 0 Å². The first kappa shape index (κ1) is 21.2. The van der Waals surface area contributed by atoms with Crippen LogP contribution in [0.1, 0.15) is 37.7 Å². The van der Waals surface area contributed by atoms with Crippen molar-refractivity contribution in [2.45, 2.75) is 45.7 Å². The smallest absolute Gasteiger partial charge is 0.278 e. The molecule has 0 saturated heterocycles. The molecule has 1 aromatic carbocycles. The Morgan fingerprint density at radius 3 is 2.88 bits per heavy atom. The Hall–Kier alpha value is -3.65. The van der Waals surface area contributed by atoms with Crippen molar-refractivity contribution in [3.63, 3.8) is 0 Å². The molecule has 3 aromatic heterocycles. The van der Waals surface area contributed by atoms with E-state index in [9.17, 15) is 4.79 Å². The summed E-state index contributed by atoms with van der Waals surface area (Å²) >= 11 is 0. The van der Waals surface area contributed by atoms with Crippen LogP contribution in [0.5, 0.6) is 0 Å². The maximum absolute atomic E-state index is 13.1. The highest BCUT2D eigenvalue weighted by Crippen LogP contribution is 2.28. The minimum Gasteiger partial charge on any atom is -0.466 e. The van der Waals surface area contributed by atoms with E-state index in [1.165, 1.54) is 11.1 Å². The quantitative estimate of drug-likeness (QED) is 0.452. The highest BCUT2D eigenvalue weighted by Gasteiger charge is 2.22. The first-order valence-corrected chi connectivity index (χ1v) is 11.1. The summed E-state index contributed by atoms with van der Waals surface area (Å²) in [6, 6.07) is 8.25. The second-order valence-corrected chi connectivity index (χ2v) is 9.37. The van der Waals surface area contributed by atoms with E-state index in [4.69, 9.17) is 9.40 Å². The van der Waals surface area contributed by atoms with Crippen molar-refractivity contribution in [1.29, 1.82) is 0 Å². The van der Waals surface area contributed by atoms with E-state index >= 15 is 0 Å². The van der Waals surface area contributed by atoms with Crippen molar-refractivity contribution in [3.8, 4) is 5.69 Å². The minimum atomic E-state index is -0.170. The highest BCUT2D eigenvalue weighted by atomic mass is 16.3. The molecule has 0 bridgehead atoms. The number of benzene rings is 1. The van der Waals surface area contributed by atoms with Gasteiger partial charge in [0.15, 0.2) is 5.65 Å². The van der Waals surface area contributed by atoms with Gasteiger partial charge in [-0.1, -0.05) is 32.9 Å². The van der Waals surface area contributed by atoms with Gasteiger partial charge in [-0.25, -0.2) is 14.3 Å². The number of rotatable bonds is 5. The number of anilines is 2. The van der Waals surface area contributed by atoms with Crippen molar-refractivity contribution in [1.82, 2.24) is 24.6 Å². The number of fused-ring (bicyclic) bond motifs is 2. The molecule has 0 amide bonds. The minimum absolute atomic E-state index is 0.158. The van der Waals surface area contributed by atoms with Crippen molar-refractivity contribution >= 4 is 22.7 Å². The zero-order chi connectivity index (χ0) is 23.2. The molecule has 0 spiro atoms. The number of allylic oxidation sites excluding steroid dienone is 1. The summed E-state index contributed by atoms with van der Waals surface area (Å²) < 4.78 is 9.21. The summed E-state index contributed by atoms with van der Waals surface area (Å²) in [6.45, 7) is 12.3. The molecule has 5 rings (SSSR count). The van der Waals surface area contributed by atoms with E-state index in [2.05, 4.69) is 55.1 Å². The molecule has 0 saturated carbocycles. The van der Waals surface area contributed by atoms with Gasteiger partial charge in [-0.05, 0) is 36.2 Å². The second kappa shape index (κ2) is 8.04. The predicted molar refractivity (Wildman–Crippen MR) is 129 cm³/mol. The largest absolute Gasteiger partial charge is 0.466 e. The van der Waals surface area contributed by atoms with Crippen molar-refractivity contribution in [3.05, 3.63) is 76.6 Å². The number of hydrogen-bond acceptors (Lipinski definition) is 6. The fraction of sp³-hybridized carbons (Fsp3) is 0.320. The van der Waals surface area contributed by atoms with Crippen LogP contribution in [0.2, 0.25) is 0 Å². The van der Waals surface area contributed by atoms with Crippen LogP contribution in [0.25, 0.3) is 16.7 Å². The molecule has 33 heavy (non-hydrogen) atoms. The summed E-state index contributed by atoms with van der Waals surface area (Å²) in [4.78, 5) is 22.2. The third-order valence-corrected chi connectivity index (χ3v) is 5.90. The summed E-state index contributed by atoms with van der Waals surface area (Å²) in [5.74, 6) is 1.26. The van der Waals surface area contributed by atoms with Crippen LogP contribution in [0.4, 0.5) is 11.6 Å². The molecular formula is C25H28N6O2. The zero-order valence-corrected chi connectivity index (χ0v) is 19.2. The monoisotopic (exact) mass is 444 g/mol. The van der Waals surface area contributed by atoms with Gasteiger partial charge in [-0.2, -0.15) is 4.98 Å². The molecule has 0 atom stereocenters. The van der Waals surface area contributed by atoms with E-state index < -0.39 is 0 Å². The Morgan fingerprint density at radius 2 is 2.12 bits per heavy atom. The third-order valence-electron chi connectivity index (χ3n) is 5.90. The van der Waals surface area contributed by atoms with Crippen LogP contribution < -0.4 is 16.2 Å². The molecule has 1 aliphatic heterocycles. The SMILES string of the molecule is C=CCn1c(=O)c2cnc(Nc3ccc4c(c3)CCNC4)nc2n1-c1coc(C(C)(C)C)c1. The van der Waals surface area contributed by atoms with Crippen molar-refractivity contribution < 1.29 is 4.42 Å². The van der Waals surface area contributed by atoms with Gasteiger partial charge in [0, 0.05) is 29.9 Å². The summed E-state index contributed by atoms with van der Waals surface area (Å²) in [6.07, 6.45) is 5.92. The van der Waals surface area contributed by atoms with Gasteiger partial charge >= 0.3 is 0 Å². The molecule has 8 nitrogen and oxygen atoms in total. The first-order chi connectivity index (χ1) is 15.8. The van der Waals surface area contributed by atoms with Crippen LogP contribution in [0, 0.1) is 0 Å². The summed E-state index contributed by atoms with van der Waals surface area (Å²) in [5.41, 5.74) is 4.48. The molecule has 8 heteroatoms. The predicted octanol–water partition coefficient (Wildman–Crippen LogP) is 4.05. The molecule has 1 aliphatic rings. The zero-order valence-electron chi connectivity index (χ0n) is 19.2. The van der Waals surface area contributed by atoms with Crippen LogP contribution in [-0.4, -0.2) is 25.9 Å². The number of nitrogens with zero attached hydrogens (tertiary/aromatic N) is 4. The Bertz CT molecular complexity index is 1400. The fourth-order valence-corrected chi connectivity index (χ4v) is 4.15. The lowest BCUT2D eigenvalue weighted by molar-refractivity contribution is 0.409. The Kier molecular flexibility index (Phi) is 5.17. The molecule has 0 aliphatic carbocycles. The standard InChI is InChI=1S/C25H28N6O2/c1-5-10-30-23(32)20-14-27-24(28-18-7-6-17-13-26-9-8-16(17)11-18)29-22(20)31(30)19-12-21(33-15-19)25(2,3)4/h5-7,11-12,14-15,26H,1,8-10,13H2,2-4H3,(H,27,28,29). The van der Waals surface area contributed by atoms with E-state index in [1.807, 2.05) is 12.1 Å². The van der Waals surface area contributed by atoms with Gasteiger partial charge in [0.05, 0.1) is 6.54 Å². The summed E-state index contributed by atoms with van der Waals surface area (Å²) in [5, 5.41) is 7.13. The molecule has 4 heterocycles. The van der Waals surface area contributed by atoms with Crippen molar-refractivity contribution in [2.75, 3.05) is 11.9 Å². The molecular weight excluding hydrogens is 416 g/mol. The van der Waals surface area contributed by atoms with Gasteiger partial charge in [0.2, 0.25) is 5.95 Å². The van der Waals surface area contributed by atoms with Crippen molar-refractivity contribution in [2.24, 2.45) is 0 Å². The van der Waals surface area contributed by atoms with E-state index in [-0.39, 0.29) is 11.0 Å². The lowest BCUT2D eigenvalue weighted by atomic mass is 9.93.